The lowest BCUT2D eigenvalue weighted by Gasteiger charge is -2.72. The monoisotopic (exact) mass is 698 g/mol. The Morgan fingerprint density at radius 1 is 0.882 bits per heavy atom. The van der Waals surface area contributed by atoms with Crippen LogP contribution < -0.4 is 5.32 Å². The summed E-state index contributed by atoms with van der Waals surface area (Å²) in [7, 11) is 0. The minimum absolute atomic E-state index is 0.000749. The fraction of sp³-hybridized carbons (Fsp3) is 0.733. The number of benzene rings is 1. The number of amides is 1. The molecule has 2 N–H and O–H groups in total. The van der Waals surface area contributed by atoms with Crippen LogP contribution in [0.2, 0.25) is 0 Å². The molecule has 1 aromatic rings. The number of hydrogen-bond acceptors (Lipinski definition) is 4. The van der Waals surface area contributed by atoms with Crippen molar-refractivity contribution in [1.29, 1.82) is 0 Å². The van der Waals surface area contributed by atoms with E-state index >= 15 is 0 Å². The van der Waals surface area contributed by atoms with Crippen molar-refractivity contribution in [3.8, 4) is 0 Å². The van der Waals surface area contributed by atoms with Crippen LogP contribution in [0.1, 0.15) is 129 Å². The van der Waals surface area contributed by atoms with Crippen LogP contribution in [0.3, 0.4) is 0 Å². The fourth-order valence-corrected chi connectivity index (χ4v) is 14.2. The van der Waals surface area contributed by atoms with E-state index in [2.05, 4.69) is 83.2 Å². The molecule has 4 saturated carbocycles. The van der Waals surface area contributed by atoms with Crippen molar-refractivity contribution in [2.24, 2.45) is 51.2 Å². The smallest absolute Gasteiger partial charge is 0.335 e. The maximum absolute atomic E-state index is 14.0. The molecule has 280 valence electrons. The second kappa shape index (κ2) is 12.9. The molecule has 1 saturated heterocycles. The Morgan fingerprint density at radius 3 is 2.20 bits per heavy atom. The molecular weight excluding hydrogens is 631 g/mol. The van der Waals surface area contributed by atoms with Crippen molar-refractivity contribution in [3.63, 3.8) is 0 Å². The molecule has 1 aliphatic heterocycles. The number of hydrogen-bond donors (Lipinski definition) is 2. The SMILES string of the molecule is C=C(C)C1CCC2(NC(=O)CN3CCN(C(C)C)CC3)CCC3(C)C(CCC4C5(C)CC=C(c6ccc(C(=O)O)cc6)C(C)(C)C5CCC43C)C12. The van der Waals surface area contributed by atoms with Gasteiger partial charge in [0, 0.05) is 37.8 Å². The number of carboxylic acid groups (broad SMARTS) is 1. The molecule has 5 fully saturated rings. The molecule has 6 aliphatic rings. The van der Waals surface area contributed by atoms with E-state index in [0.717, 1.165) is 51.9 Å². The zero-order valence-corrected chi connectivity index (χ0v) is 33.1. The Morgan fingerprint density at radius 2 is 1.57 bits per heavy atom. The predicted molar refractivity (Wildman–Crippen MR) is 207 cm³/mol. The molecule has 0 radical (unpaired) electrons. The largest absolute Gasteiger partial charge is 0.478 e. The number of nitrogens with one attached hydrogen (secondary N) is 1. The Hall–Kier alpha value is -2.44. The normalized spacial score (nSPS) is 40.7. The van der Waals surface area contributed by atoms with Crippen LogP contribution in [0.5, 0.6) is 0 Å². The first kappa shape index (κ1) is 36.9. The number of fused-ring (bicyclic) bond motifs is 7. The quantitative estimate of drug-likeness (QED) is 0.279. The van der Waals surface area contributed by atoms with Gasteiger partial charge in [-0.2, -0.15) is 0 Å². The Balaban J connectivity index is 1.14. The summed E-state index contributed by atoms with van der Waals surface area (Å²) in [5.41, 5.74) is 4.78. The molecular formula is C45H67N3O3. The summed E-state index contributed by atoms with van der Waals surface area (Å²) in [4.78, 5) is 30.4. The Bertz CT molecular complexity index is 1570. The van der Waals surface area contributed by atoms with Crippen LogP contribution in [-0.4, -0.2) is 71.1 Å². The highest BCUT2D eigenvalue weighted by molar-refractivity contribution is 5.88. The first-order valence-electron chi connectivity index (χ1n) is 20.4. The predicted octanol–water partition coefficient (Wildman–Crippen LogP) is 8.93. The standard InChI is InChI=1S/C45H67N3O3/c1-29(2)33-16-21-45(46-38(49)28-47-24-26-48(27-25-47)30(3)4)23-22-43(8)35(39(33)45)14-15-37-42(7)19-17-34(31-10-12-32(13-11-31)40(50)51)41(5,6)36(42)18-20-44(37,43)9/h10-13,17,30,33,35-37,39H,1,14-16,18-28H2,2-9H3,(H,46,49)(H,50,51). The van der Waals surface area contributed by atoms with Crippen molar-refractivity contribution in [2.75, 3.05) is 32.7 Å². The van der Waals surface area contributed by atoms with E-state index < -0.39 is 5.97 Å². The molecule has 6 nitrogen and oxygen atoms in total. The van der Waals surface area contributed by atoms with Gasteiger partial charge in [-0.25, -0.2) is 4.79 Å². The van der Waals surface area contributed by atoms with Crippen LogP contribution >= 0.6 is 0 Å². The van der Waals surface area contributed by atoms with Gasteiger partial charge < -0.3 is 10.4 Å². The van der Waals surface area contributed by atoms with Gasteiger partial charge in [0.2, 0.25) is 5.91 Å². The van der Waals surface area contributed by atoms with E-state index in [-0.39, 0.29) is 33.1 Å². The highest BCUT2D eigenvalue weighted by Crippen LogP contribution is 2.76. The number of piperazine rings is 1. The van der Waals surface area contributed by atoms with Crippen LogP contribution in [0.4, 0.5) is 0 Å². The summed E-state index contributed by atoms with van der Waals surface area (Å²) >= 11 is 0. The van der Waals surface area contributed by atoms with Gasteiger partial charge in [0.05, 0.1) is 12.1 Å². The first-order chi connectivity index (χ1) is 24.0. The van der Waals surface area contributed by atoms with Crippen molar-refractivity contribution in [3.05, 3.63) is 53.6 Å². The van der Waals surface area contributed by atoms with Crippen LogP contribution in [0.25, 0.3) is 5.57 Å². The Kier molecular flexibility index (Phi) is 9.30. The molecule has 9 atom stereocenters. The van der Waals surface area contributed by atoms with E-state index in [4.69, 9.17) is 0 Å². The van der Waals surface area contributed by atoms with E-state index in [1.165, 1.54) is 48.8 Å². The minimum atomic E-state index is -0.869. The molecule has 7 rings (SSSR count). The third-order valence-corrected chi connectivity index (χ3v) is 17.0. The van der Waals surface area contributed by atoms with Gasteiger partial charge in [0.25, 0.3) is 0 Å². The highest BCUT2D eigenvalue weighted by Gasteiger charge is 2.70. The average molecular weight is 698 g/mol. The maximum Gasteiger partial charge on any atom is 0.335 e. The summed E-state index contributed by atoms with van der Waals surface area (Å²) in [5, 5.41) is 13.3. The molecule has 6 heteroatoms. The average Bonchev–Trinajstić information content (AvgIpc) is 3.44. The zero-order chi connectivity index (χ0) is 36.7. The molecule has 1 aromatic carbocycles. The van der Waals surface area contributed by atoms with E-state index in [1.807, 2.05) is 12.1 Å². The summed E-state index contributed by atoms with van der Waals surface area (Å²) in [6.45, 7) is 28.9. The van der Waals surface area contributed by atoms with Crippen LogP contribution in [0, 0.1) is 51.2 Å². The van der Waals surface area contributed by atoms with Gasteiger partial charge in [-0.3, -0.25) is 14.6 Å². The van der Waals surface area contributed by atoms with E-state index in [9.17, 15) is 14.7 Å². The van der Waals surface area contributed by atoms with E-state index in [0.29, 0.717) is 47.7 Å². The third kappa shape index (κ3) is 5.70. The van der Waals surface area contributed by atoms with Gasteiger partial charge in [-0.15, -0.1) is 0 Å². The summed E-state index contributed by atoms with van der Waals surface area (Å²) in [6, 6.07) is 8.15. The molecule has 0 aromatic heterocycles. The van der Waals surface area contributed by atoms with Crippen molar-refractivity contribution in [2.45, 2.75) is 125 Å². The summed E-state index contributed by atoms with van der Waals surface area (Å²) < 4.78 is 0. The second-order valence-electron chi connectivity index (χ2n) is 19.7. The number of carbonyl (C=O) groups is 2. The highest BCUT2D eigenvalue weighted by atomic mass is 16.4. The minimum Gasteiger partial charge on any atom is -0.478 e. The fourth-order valence-electron chi connectivity index (χ4n) is 14.2. The van der Waals surface area contributed by atoms with Gasteiger partial charge in [-0.05, 0) is 153 Å². The summed E-state index contributed by atoms with van der Waals surface area (Å²) in [5.74, 6) is 2.11. The van der Waals surface area contributed by atoms with Crippen LogP contribution in [0.15, 0.2) is 42.5 Å². The zero-order valence-electron chi connectivity index (χ0n) is 33.1. The first-order valence-corrected chi connectivity index (χ1v) is 20.4. The Labute approximate surface area is 308 Å². The number of aromatic carboxylic acids is 1. The van der Waals surface area contributed by atoms with Gasteiger partial charge in [0.1, 0.15) is 0 Å². The van der Waals surface area contributed by atoms with E-state index in [1.54, 1.807) is 12.1 Å². The molecule has 9 unspecified atom stereocenters. The van der Waals surface area contributed by atoms with Gasteiger partial charge in [-0.1, -0.05) is 65.0 Å². The molecule has 1 amide bonds. The maximum atomic E-state index is 14.0. The van der Waals surface area contributed by atoms with Crippen molar-refractivity contribution in [1.82, 2.24) is 15.1 Å². The lowest BCUT2D eigenvalue weighted by atomic mass is 9.33. The van der Waals surface area contributed by atoms with Crippen molar-refractivity contribution < 1.29 is 14.7 Å². The lowest BCUT2D eigenvalue weighted by Crippen LogP contribution is -2.68. The topological polar surface area (TPSA) is 72.9 Å². The number of allylic oxidation sites excluding steroid dienone is 3. The number of carbonyl (C=O) groups excluding carboxylic acids is 1. The van der Waals surface area contributed by atoms with Crippen LogP contribution in [-0.2, 0) is 4.79 Å². The molecule has 5 aliphatic carbocycles. The molecule has 51 heavy (non-hydrogen) atoms. The summed E-state index contributed by atoms with van der Waals surface area (Å²) in [6.07, 6.45) is 13.1. The molecule has 1 heterocycles. The van der Waals surface area contributed by atoms with Crippen molar-refractivity contribution >= 4 is 17.4 Å². The molecule has 0 bridgehead atoms. The number of rotatable bonds is 7. The van der Waals surface area contributed by atoms with Gasteiger partial charge in [0.15, 0.2) is 0 Å². The number of nitrogens with zero attached hydrogens (tertiary/aromatic N) is 2. The number of carboxylic acids is 1. The third-order valence-electron chi connectivity index (χ3n) is 17.0. The second-order valence-corrected chi connectivity index (χ2v) is 19.7. The molecule has 0 spiro atoms. The van der Waals surface area contributed by atoms with Gasteiger partial charge >= 0.3 is 5.97 Å². The lowest BCUT2D eigenvalue weighted by molar-refractivity contribution is -0.219.